The molecule has 0 aliphatic rings. The van der Waals surface area contributed by atoms with Gasteiger partial charge < -0.3 is 15.5 Å². The van der Waals surface area contributed by atoms with Gasteiger partial charge in [0.25, 0.3) is 0 Å². The second kappa shape index (κ2) is 8.32. The van der Waals surface area contributed by atoms with Crippen LogP contribution in [-0.2, 0) is 4.79 Å². The minimum atomic E-state index is -0.464. The van der Waals surface area contributed by atoms with E-state index in [1.807, 2.05) is 43.5 Å². The molecule has 0 spiro atoms. The first kappa shape index (κ1) is 17.9. The Hall–Kier alpha value is -1.17. The van der Waals surface area contributed by atoms with Gasteiger partial charge in [-0.25, -0.2) is 0 Å². The Balaban J connectivity index is 0.00000220. The van der Waals surface area contributed by atoms with E-state index in [4.69, 9.17) is 10.2 Å². The van der Waals surface area contributed by atoms with Gasteiger partial charge in [-0.3, -0.25) is 4.79 Å². The van der Waals surface area contributed by atoms with E-state index in [-0.39, 0.29) is 24.4 Å². The van der Waals surface area contributed by atoms with Gasteiger partial charge in [-0.05, 0) is 37.5 Å². The second-order valence-electron chi connectivity index (χ2n) is 4.80. The molecule has 2 rings (SSSR count). The average Bonchev–Trinajstić information content (AvgIpc) is 2.88. The van der Waals surface area contributed by atoms with Crippen molar-refractivity contribution in [3.63, 3.8) is 0 Å². The lowest BCUT2D eigenvalue weighted by atomic mass is 10.2. The number of halogens is 1. The van der Waals surface area contributed by atoms with Crippen LogP contribution in [0.25, 0.3) is 11.0 Å². The quantitative estimate of drug-likeness (QED) is 0.855. The fourth-order valence-electron chi connectivity index (χ4n) is 1.98. The third kappa shape index (κ3) is 4.66. The zero-order chi connectivity index (χ0) is 14.5. The standard InChI is InChI=1S/C15H20N2O2S.ClH/c1-10(17-15(18)12(16)7-8-20-2)14-9-11-5-3-4-6-13(11)19-14;/h3-6,9-10,12H,7-8,16H2,1-2H3,(H,17,18);1H/t10?,12-;/m0./s1. The van der Waals surface area contributed by atoms with Crippen molar-refractivity contribution in [2.45, 2.75) is 25.4 Å². The average molecular weight is 329 g/mol. The fourth-order valence-corrected chi connectivity index (χ4v) is 2.47. The highest BCUT2D eigenvalue weighted by Crippen LogP contribution is 2.23. The van der Waals surface area contributed by atoms with Crippen LogP contribution in [0, 0.1) is 0 Å². The number of nitrogens with two attached hydrogens (primary N) is 1. The van der Waals surface area contributed by atoms with Crippen LogP contribution >= 0.6 is 24.2 Å². The minimum Gasteiger partial charge on any atom is -0.459 e. The molecular weight excluding hydrogens is 308 g/mol. The highest BCUT2D eigenvalue weighted by atomic mass is 35.5. The first-order valence-corrected chi connectivity index (χ1v) is 8.04. The number of para-hydroxylation sites is 1. The van der Waals surface area contributed by atoms with Crippen molar-refractivity contribution in [3.05, 3.63) is 36.1 Å². The fraction of sp³-hybridized carbons (Fsp3) is 0.400. The van der Waals surface area contributed by atoms with Crippen molar-refractivity contribution in [2.24, 2.45) is 5.73 Å². The van der Waals surface area contributed by atoms with Gasteiger partial charge in [0.15, 0.2) is 0 Å². The molecule has 0 fully saturated rings. The van der Waals surface area contributed by atoms with Crippen LogP contribution in [0.4, 0.5) is 0 Å². The third-order valence-electron chi connectivity index (χ3n) is 3.20. The Bertz CT molecular complexity index is 555. The van der Waals surface area contributed by atoms with Gasteiger partial charge in [-0.2, -0.15) is 11.8 Å². The number of carbonyl (C=O) groups excluding carboxylic acids is 1. The number of thioether (sulfide) groups is 1. The van der Waals surface area contributed by atoms with Gasteiger partial charge in [0, 0.05) is 5.39 Å². The molecule has 0 bridgehead atoms. The summed E-state index contributed by atoms with van der Waals surface area (Å²) in [4.78, 5) is 12.0. The molecule has 1 aromatic heterocycles. The highest BCUT2D eigenvalue weighted by molar-refractivity contribution is 7.98. The summed E-state index contributed by atoms with van der Waals surface area (Å²) in [5, 5.41) is 3.94. The number of benzene rings is 1. The van der Waals surface area contributed by atoms with Crippen molar-refractivity contribution in [1.29, 1.82) is 0 Å². The summed E-state index contributed by atoms with van der Waals surface area (Å²) >= 11 is 1.69. The van der Waals surface area contributed by atoms with Crippen LogP contribution in [-0.4, -0.2) is 24.0 Å². The van der Waals surface area contributed by atoms with E-state index in [1.54, 1.807) is 11.8 Å². The molecule has 3 N–H and O–H groups in total. The molecule has 1 unspecified atom stereocenters. The van der Waals surface area contributed by atoms with Crippen LogP contribution in [0.5, 0.6) is 0 Å². The van der Waals surface area contributed by atoms with Gasteiger partial charge in [0.2, 0.25) is 5.91 Å². The molecule has 116 valence electrons. The smallest absolute Gasteiger partial charge is 0.237 e. The molecule has 1 heterocycles. The van der Waals surface area contributed by atoms with Crippen LogP contribution in [0.2, 0.25) is 0 Å². The maximum Gasteiger partial charge on any atom is 0.237 e. The van der Waals surface area contributed by atoms with Crippen LogP contribution in [0.15, 0.2) is 34.7 Å². The summed E-state index contributed by atoms with van der Waals surface area (Å²) < 4.78 is 5.73. The summed E-state index contributed by atoms with van der Waals surface area (Å²) in [5.74, 6) is 1.50. The van der Waals surface area contributed by atoms with E-state index in [1.165, 1.54) is 0 Å². The summed E-state index contributed by atoms with van der Waals surface area (Å²) in [6.45, 7) is 1.90. The molecule has 4 nitrogen and oxygen atoms in total. The Morgan fingerprint density at radius 2 is 2.14 bits per heavy atom. The molecule has 21 heavy (non-hydrogen) atoms. The predicted octanol–water partition coefficient (Wildman–Crippen LogP) is 3.11. The van der Waals surface area contributed by atoms with Crippen LogP contribution in [0.1, 0.15) is 25.1 Å². The molecule has 1 amide bonds. The minimum absolute atomic E-state index is 0. The van der Waals surface area contributed by atoms with Crippen molar-refractivity contribution in [1.82, 2.24) is 5.32 Å². The molecular formula is C15H21ClN2O2S. The van der Waals surface area contributed by atoms with E-state index in [2.05, 4.69) is 5.32 Å². The maximum absolute atomic E-state index is 12.0. The molecule has 0 aliphatic carbocycles. The predicted molar refractivity (Wildman–Crippen MR) is 91.0 cm³/mol. The summed E-state index contributed by atoms with van der Waals surface area (Å²) in [5.41, 5.74) is 6.68. The number of carbonyl (C=O) groups is 1. The summed E-state index contributed by atoms with van der Waals surface area (Å²) in [6, 6.07) is 9.09. The number of hydrogen-bond acceptors (Lipinski definition) is 4. The van der Waals surface area contributed by atoms with Gasteiger partial charge in [0.1, 0.15) is 11.3 Å². The van der Waals surface area contributed by atoms with Crippen LogP contribution in [0.3, 0.4) is 0 Å². The van der Waals surface area contributed by atoms with Gasteiger partial charge >= 0.3 is 0 Å². The molecule has 2 atom stereocenters. The molecule has 0 aliphatic heterocycles. The van der Waals surface area contributed by atoms with E-state index in [0.29, 0.717) is 6.42 Å². The molecule has 2 aromatic rings. The Kier molecular flexibility index (Phi) is 7.08. The lowest BCUT2D eigenvalue weighted by Crippen LogP contribution is -2.41. The number of fused-ring (bicyclic) bond motifs is 1. The molecule has 1 aromatic carbocycles. The lowest BCUT2D eigenvalue weighted by molar-refractivity contribution is -0.123. The monoisotopic (exact) mass is 328 g/mol. The van der Waals surface area contributed by atoms with Crippen molar-refractivity contribution < 1.29 is 9.21 Å². The molecule has 0 saturated carbocycles. The SMILES string of the molecule is CSCC[C@H](N)C(=O)NC(C)c1cc2ccccc2o1.Cl. The highest BCUT2D eigenvalue weighted by Gasteiger charge is 2.18. The number of hydrogen-bond donors (Lipinski definition) is 2. The first-order valence-electron chi connectivity index (χ1n) is 6.65. The van der Waals surface area contributed by atoms with Gasteiger partial charge in [0.05, 0.1) is 12.1 Å². The lowest BCUT2D eigenvalue weighted by Gasteiger charge is -2.15. The van der Waals surface area contributed by atoms with Gasteiger partial charge in [-0.15, -0.1) is 12.4 Å². The number of furan rings is 1. The normalized spacial score (nSPS) is 13.5. The Morgan fingerprint density at radius 1 is 1.43 bits per heavy atom. The van der Waals surface area contributed by atoms with Crippen molar-refractivity contribution in [3.8, 4) is 0 Å². The first-order chi connectivity index (χ1) is 9.61. The largest absolute Gasteiger partial charge is 0.459 e. The van der Waals surface area contributed by atoms with E-state index in [9.17, 15) is 4.79 Å². The topological polar surface area (TPSA) is 68.3 Å². The van der Waals surface area contributed by atoms with Crippen LogP contribution < -0.4 is 11.1 Å². The van der Waals surface area contributed by atoms with Gasteiger partial charge in [-0.1, -0.05) is 18.2 Å². The number of rotatable bonds is 6. The third-order valence-corrected chi connectivity index (χ3v) is 3.84. The molecule has 6 heteroatoms. The molecule has 0 radical (unpaired) electrons. The zero-order valence-electron chi connectivity index (χ0n) is 12.2. The number of nitrogens with one attached hydrogen (secondary N) is 1. The molecule has 0 saturated heterocycles. The van der Waals surface area contributed by atoms with E-state index >= 15 is 0 Å². The summed E-state index contributed by atoms with van der Waals surface area (Å²) in [7, 11) is 0. The summed E-state index contributed by atoms with van der Waals surface area (Å²) in [6.07, 6.45) is 2.68. The zero-order valence-corrected chi connectivity index (χ0v) is 13.8. The maximum atomic E-state index is 12.0. The van der Waals surface area contributed by atoms with E-state index < -0.39 is 6.04 Å². The Labute approximate surface area is 135 Å². The second-order valence-corrected chi connectivity index (χ2v) is 5.79. The Morgan fingerprint density at radius 3 is 2.81 bits per heavy atom. The van der Waals surface area contributed by atoms with Crippen molar-refractivity contribution >= 4 is 41.0 Å². The van der Waals surface area contributed by atoms with Crippen molar-refractivity contribution in [2.75, 3.05) is 12.0 Å². The van der Waals surface area contributed by atoms with E-state index in [0.717, 1.165) is 22.5 Å². The number of amides is 1.